The van der Waals surface area contributed by atoms with Gasteiger partial charge in [0, 0.05) is 29.6 Å². The Balaban J connectivity index is 1.74. The molecular weight excluding hydrogens is 428 g/mol. The van der Waals surface area contributed by atoms with Crippen LogP contribution in [0.25, 0.3) is 0 Å². The van der Waals surface area contributed by atoms with E-state index in [9.17, 15) is 19.7 Å². The van der Waals surface area contributed by atoms with E-state index in [-0.39, 0.29) is 23.9 Å². The summed E-state index contributed by atoms with van der Waals surface area (Å²) < 4.78 is 0.710. The molecule has 0 radical (unpaired) electrons. The molecule has 0 aliphatic carbocycles. The van der Waals surface area contributed by atoms with Gasteiger partial charge in [0.1, 0.15) is 0 Å². The van der Waals surface area contributed by atoms with Crippen molar-refractivity contribution in [2.24, 2.45) is 5.10 Å². The Morgan fingerprint density at radius 3 is 2.46 bits per heavy atom. The molecule has 0 aliphatic rings. The third-order valence-electron chi connectivity index (χ3n) is 3.83. The van der Waals surface area contributed by atoms with Crippen LogP contribution < -0.4 is 10.7 Å². The lowest BCUT2D eigenvalue weighted by Gasteiger charge is -2.06. The summed E-state index contributed by atoms with van der Waals surface area (Å²) in [5, 5.41) is 17.4. The van der Waals surface area contributed by atoms with Crippen molar-refractivity contribution in [3.8, 4) is 0 Å². The fourth-order valence-electron chi connectivity index (χ4n) is 2.28. The van der Waals surface area contributed by atoms with E-state index in [0.29, 0.717) is 34.3 Å². The number of carbonyl (C=O) groups excluding carboxylic acids is 2. The second-order valence-corrected chi connectivity index (χ2v) is 6.73. The zero-order chi connectivity index (χ0) is 20.5. The Labute approximate surface area is 170 Å². The van der Waals surface area contributed by atoms with E-state index in [4.69, 9.17) is 0 Å². The molecule has 0 aliphatic heterocycles. The standard InChI is InChI=1S/C19H19BrN4O4/c1-13(14-8-10-15(11-9-14)24(27)28)22-23-18(25)7-4-12-21-19(26)16-5-2-3-6-17(16)20/h2-3,5-6,8-11H,4,7,12H2,1H3,(H,21,26)(H,23,25)/b22-13+. The van der Waals surface area contributed by atoms with Crippen LogP contribution in [0.1, 0.15) is 35.7 Å². The number of nitrogens with one attached hydrogen (secondary N) is 2. The van der Waals surface area contributed by atoms with Crippen molar-refractivity contribution in [3.63, 3.8) is 0 Å². The van der Waals surface area contributed by atoms with E-state index in [2.05, 4.69) is 31.8 Å². The van der Waals surface area contributed by atoms with Crippen molar-refractivity contribution in [2.45, 2.75) is 19.8 Å². The summed E-state index contributed by atoms with van der Waals surface area (Å²) in [6, 6.07) is 13.0. The third-order valence-corrected chi connectivity index (χ3v) is 4.52. The Kier molecular flexibility index (Phi) is 7.82. The maximum absolute atomic E-state index is 12.0. The average molecular weight is 447 g/mol. The summed E-state index contributed by atoms with van der Waals surface area (Å²) in [5.41, 5.74) is 4.18. The summed E-state index contributed by atoms with van der Waals surface area (Å²) >= 11 is 3.32. The highest BCUT2D eigenvalue weighted by atomic mass is 79.9. The van der Waals surface area contributed by atoms with E-state index in [0.717, 1.165) is 0 Å². The van der Waals surface area contributed by atoms with Gasteiger partial charge in [-0.3, -0.25) is 19.7 Å². The van der Waals surface area contributed by atoms with Crippen LogP contribution in [0, 0.1) is 10.1 Å². The van der Waals surface area contributed by atoms with Gasteiger partial charge < -0.3 is 5.32 Å². The van der Waals surface area contributed by atoms with Crippen LogP contribution in [0.15, 0.2) is 58.1 Å². The van der Waals surface area contributed by atoms with E-state index in [1.165, 1.54) is 12.1 Å². The van der Waals surface area contributed by atoms with Crippen LogP contribution in [0.5, 0.6) is 0 Å². The first-order valence-corrected chi connectivity index (χ1v) is 9.28. The van der Waals surface area contributed by atoms with E-state index >= 15 is 0 Å². The van der Waals surface area contributed by atoms with Crippen LogP contribution in [-0.2, 0) is 4.79 Å². The number of nitrogens with zero attached hydrogens (tertiary/aromatic N) is 2. The minimum atomic E-state index is -0.479. The number of rotatable bonds is 8. The van der Waals surface area contributed by atoms with Gasteiger partial charge in [-0.2, -0.15) is 5.10 Å². The fraction of sp³-hybridized carbons (Fsp3) is 0.211. The molecule has 0 bridgehead atoms. The van der Waals surface area contributed by atoms with Gasteiger partial charge in [0.15, 0.2) is 0 Å². The Hall–Kier alpha value is -3.07. The number of nitro groups is 1. The predicted octanol–water partition coefficient (Wildman–Crippen LogP) is 3.41. The van der Waals surface area contributed by atoms with Crippen LogP contribution in [0.4, 0.5) is 5.69 Å². The van der Waals surface area contributed by atoms with E-state index in [1.807, 2.05) is 6.07 Å². The first-order chi connectivity index (χ1) is 13.4. The van der Waals surface area contributed by atoms with Crippen molar-refractivity contribution in [1.29, 1.82) is 0 Å². The monoisotopic (exact) mass is 446 g/mol. The van der Waals surface area contributed by atoms with Crippen LogP contribution in [0.2, 0.25) is 0 Å². The Bertz CT molecular complexity index is 897. The predicted molar refractivity (Wildman–Crippen MR) is 109 cm³/mol. The van der Waals surface area contributed by atoms with Gasteiger partial charge in [-0.1, -0.05) is 12.1 Å². The number of halogens is 1. The molecule has 0 unspecified atom stereocenters. The van der Waals surface area contributed by atoms with Gasteiger partial charge in [0.2, 0.25) is 5.91 Å². The zero-order valence-electron chi connectivity index (χ0n) is 15.1. The van der Waals surface area contributed by atoms with Crippen molar-refractivity contribution < 1.29 is 14.5 Å². The minimum Gasteiger partial charge on any atom is -0.352 e. The van der Waals surface area contributed by atoms with Gasteiger partial charge in [0.25, 0.3) is 11.6 Å². The van der Waals surface area contributed by atoms with Crippen LogP contribution >= 0.6 is 15.9 Å². The molecule has 9 heteroatoms. The van der Waals surface area contributed by atoms with Crippen molar-refractivity contribution in [1.82, 2.24) is 10.7 Å². The summed E-state index contributed by atoms with van der Waals surface area (Å²) in [6.45, 7) is 2.05. The van der Waals surface area contributed by atoms with Gasteiger partial charge >= 0.3 is 0 Å². The topological polar surface area (TPSA) is 114 Å². The highest BCUT2D eigenvalue weighted by Crippen LogP contribution is 2.15. The summed E-state index contributed by atoms with van der Waals surface area (Å²) in [4.78, 5) is 34.1. The minimum absolute atomic E-state index is 0.00911. The molecule has 0 fully saturated rings. The van der Waals surface area contributed by atoms with Gasteiger partial charge in [-0.25, -0.2) is 5.43 Å². The number of hydrazone groups is 1. The summed E-state index contributed by atoms with van der Waals surface area (Å²) in [7, 11) is 0. The number of hydrogen-bond donors (Lipinski definition) is 2. The lowest BCUT2D eigenvalue weighted by Crippen LogP contribution is -2.26. The molecule has 2 aromatic rings. The SMILES string of the molecule is C/C(=N\NC(=O)CCCNC(=O)c1ccccc1Br)c1ccc([N+](=O)[O-])cc1. The Morgan fingerprint density at radius 2 is 1.82 bits per heavy atom. The third kappa shape index (κ3) is 6.27. The highest BCUT2D eigenvalue weighted by Gasteiger charge is 2.09. The smallest absolute Gasteiger partial charge is 0.269 e. The van der Waals surface area contributed by atoms with Crippen LogP contribution in [0.3, 0.4) is 0 Å². The number of benzene rings is 2. The molecule has 2 N–H and O–H groups in total. The highest BCUT2D eigenvalue weighted by molar-refractivity contribution is 9.10. The first-order valence-electron chi connectivity index (χ1n) is 8.49. The van der Waals surface area contributed by atoms with Crippen molar-refractivity contribution in [3.05, 3.63) is 74.2 Å². The normalized spacial score (nSPS) is 11.0. The molecule has 28 heavy (non-hydrogen) atoms. The molecule has 0 atom stereocenters. The summed E-state index contributed by atoms with van der Waals surface area (Å²) in [5.74, 6) is -0.490. The quantitative estimate of drug-likeness (QED) is 0.279. The largest absolute Gasteiger partial charge is 0.352 e. The van der Waals surface area contributed by atoms with Crippen molar-refractivity contribution in [2.75, 3.05) is 6.54 Å². The van der Waals surface area contributed by atoms with E-state index < -0.39 is 4.92 Å². The lowest BCUT2D eigenvalue weighted by atomic mass is 10.1. The number of carbonyl (C=O) groups is 2. The van der Waals surface area contributed by atoms with Gasteiger partial charge in [0.05, 0.1) is 16.2 Å². The van der Waals surface area contributed by atoms with Crippen molar-refractivity contribution >= 4 is 39.1 Å². The molecule has 0 saturated carbocycles. The molecule has 146 valence electrons. The van der Waals surface area contributed by atoms with Gasteiger partial charge in [-0.15, -0.1) is 0 Å². The number of nitro benzene ring substituents is 1. The Morgan fingerprint density at radius 1 is 1.14 bits per heavy atom. The fourth-order valence-corrected chi connectivity index (χ4v) is 2.75. The van der Waals surface area contributed by atoms with E-state index in [1.54, 1.807) is 37.3 Å². The number of amides is 2. The molecule has 0 spiro atoms. The zero-order valence-corrected chi connectivity index (χ0v) is 16.7. The molecule has 8 nitrogen and oxygen atoms in total. The number of non-ortho nitro benzene ring substituents is 1. The first kappa shape index (κ1) is 21.2. The molecular formula is C19H19BrN4O4. The molecule has 0 saturated heterocycles. The lowest BCUT2D eigenvalue weighted by molar-refractivity contribution is -0.384. The molecule has 2 aromatic carbocycles. The molecule has 2 amide bonds. The number of hydrogen-bond acceptors (Lipinski definition) is 5. The second-order valence-electron chi connectivity index (χ2n) is 5.88. The molecule has 2 rings (SSSR count). The van der Waals surface area contributed by atoms with Crippen LogP contribution in [-0.4, -0.2) is 29.0 Å². The average Bonchev–Trinajstić information content (AvgIpc) is 2.69. The van der Waals surface area contributed by atoms with Gasteiger partial charge in [-0.05, 0) is 59.1 Å². The maximum atomic E-state index is 12.0. The maximum Gasteiger partial charge on any atom is 0.269 e. The summed E-state index contributed by atoms with van der Waals surface area (Å²) in [6.07, 6.45) is 0.668. The molecule has 0 aromatic heterocycles. The molecule has 0 heterocycles. The second kappa shape index (κ2) is 10.3.